The van der Waals surface area contributed by atoms with Gasteiger partial charge in [-0.05, 0) is 25.0 Å². The van der Waals surface area contributed by atoms with Gasteiger partial charge in [0.05, 0.1) is 13.2 Å². The molecule has 0 saturated carbocycles. The normalized spacial score (nSPS) is 10.5. The molecule has 108 valence electrons. The van der Waals surface area contributed by atoms with Gasteiger partial charge in [-0.3, -0.25) is 0 Å². The Morgan fingerprint density at radius 1 is 0.895 bits per heavy atom. The Morgan fingerprint density at radius 2 is 1.53 bits per heavy atom. The smallest absolute Gasteiger partial charge is 0.130 e. The quantitative estimate of drug-likeness (QED) is 0.470. The fourth-order valence-corrected chi connectivity index (χ4v) is 2.07. The van der Waals surface area contributed by atoms with E-state index in [0.29, 0.717) is 0 Å². The second-order valence-electron chi connectivity index (χ2n) is 4.81. The molecule has 1 aromatic rings. The van der Waals surface area contributed by atoms with Crippen molar-refractivity contribution in [3.63, 3.8) is 0 Å². The van der Waals surface area contributed by atoms with Crippen LogP contribution in [0.3, 0.4) is 0 Å². The second-order valence-corrected chi connectivity index (χ2v) is 5.43. The summed E-state index contributed by atoms with van der Waals surface area (Å²) in [5.41, 5.74) is 0. The lowest BCUT2D eigenvalue weighted by Gasteiger charge is -2.11. The summed E-state index contributed by atoms with van der Waals surface area (Å²) in [4.78, 5) is 0. The lowest BCUT2D eigenvalue weighted by atomic mass is 10.2. The summed E-state index contributed by atoms with van der Waals surface area (Å²) in [6.45, 7) is 5.98. The molecule has 0 N–H and O–H groups in total. The minimum atomic E-state index is 0.786. The van der Waals surface area contributed by atoms with E-state index in [1.807, 2.05) is 18.2 Å². The molecule has 19 heavy (non-hydrogen) atoms. The van der Waals surface area contributed by atoms with Crippen LogP contribution in [0.2, 0.25) is 0 Å². The second kappa shape index (κ2) is 10.1. The number of hydrogen-bond acceptors (Lipinski definition) is 2. The molecule has 1 rings (SSSR count). The van der Waals surface area contributed by atoms with Gasteiger partial charge in [-0.2, -0.15) is 0 Å². The summed E-state index contributed by atoms with van der Waals surface area (Å²) in [5, 5.41) is 1.09. The predicted molar refractivity (Wildman–Crippen MR) is 85.8 cm³/mol. The van der Waals surface area contributed by atoms with Gasteiger partial charge in [-0.1, -0.05) is 39.5 Å². The van der Waals surface area contributed by atoms with Crippen LogP contribution in [0.1, 0.15) is 52.4 Å². The highest BCUT2D eigenvalue weighted by atomic mass is 31.0. The fraction of sp³-hybridized carbons (Fsp3) is 0.625. The van der Waals surface area contributed by atoms with Crippen molar-refractivity contribution >= 4 is 14.5 Å². The zero-order chi connectivity index (χ0) is 13.9. The Kier molecular flexibility index (Phi) is 8.66. The Bertz CT molecular complexity index is 353. The van der Waals surface area contributed by atoms with Crippen molar-refractivity contribution in [2.45, 2.75) is 52.4 Å². The van der Waals surface area contributed by atoms with E-state index in [1.165, 1.54) is 25.7 Å². The monoisotopic (exact) mass is 282 g/mol. The van der Waals surface area contributed by atoms with Gasteiger partial charge in [0, 0.05) is 11.4 Å². The summed E-state index contributed by atoms with van der Waals surface area (Å²) in [7, 11) is 2.72. The first-order valence-corrected chi connectivity index (χ1v) is 8.00. The topological polar surface area (TPSA) is 18.5 Å². The lowest BCUT2D eigenvalue weighted by Crippen LogP contribution is -2.05. The molecular formula is C16H27O2P. The average Bonchev–Trinajstić information content (AvgIpc) is 2.42. The van der Waals surface area contributed by atoms with Crippen LogP contribution >= 0.6 is 9.24 Å². The molecule has 1 aromatic carbocycles. The molecular weight excluding hydrogens is 255 g/mol. The van der Waals surface area contributed by atoms with E-state index in [0.717, 1.165) is 42.9 Å². The summed E-state index contributed by atoms with van der Waals surface area (Å²) in [6, 6.07) is 6.04. The highest BCUT2D eigenvalue weighted by molar-refractivity contribution is 7.27. The van der Waals surface area contributed by atoms with Gasteiger partial charge in [0.2, 0.25) is 0 Å². The van der Waals surface area contributed by atoms with Crippen LogP contribution in [0.15, 0.2) is 18.2 Å². The number of hydrogen-bond donors (Lipinski definition) is 0. The highest BCUT2D eigenvalue weighted by Gasteiger charge is 2.03. The zero-order valence-corrected chi connectivity index (χ0v) is 13.4. The molecule has 1 unspecified atom stereocenters. The van der Waals surface area contributed by atoms with Gasteiger partial charge >= 0.3 is 0 Å². The number of benzene rings is 1. The van der Waals surface area contributed by atoms with Crippen LogP contribution in [0, 0.1) is 0 Å². The van der Waals surface area contributed by atoms with Crippen molar-refractivity contribution in [3.05, 3.63) is 18.2 Å². The van der Waals surface area contributed by atoms with Crippen molar-refractivity contribution in [1.29, 1.82) is 0 Å². The number of unbranched alkanes of at least 4 members (excludes halogenated alkanes) is 4. The van der Waals surface area contributed by atoms with Crippen LogP contribution in [-0.2, 0) is 0 Å². The van der Waals surface area contributed by atoms with Gasteiger partial charge in [-0.25, -0.2) is 0 Å². The van der Waals surface area contributed by atoms with Gasteiger partial charge in [0.25, 0.3) is 0 Å². The molecule has 0 spiro atoms. The van der Waals surface area contributed by atoms with E-state index in [2.05, 4.69) is 23.1 Å². The van der Waals surface area contributed by atoms with Gasteiger partial charge in [-0.15, -0.1) is 9.24 Å². The van der Waals surface area contributed by atoms with Crippen LogP contribution < -0.4 is 14.8 Å². The molecule has 0 aliphatic heterocycles. The minimum Gasteiger partial charge on any atom is -0.493 e. The van der Waals surface area contributed by atoms with Crippen LogP contribution in [0.4, 0.5) is 0 Å². The standard InChI is InChI=1S/C16H27O2P/c1-3-5-7-11-17-14-9-10-16(19)15(13-14)18-12-8-6-4-2/h9-10,13H,3-8,11-12,19H2,1-2H3. The Morgan fingerprint density at radius 3 is 2.16 bits per heavy atom. The molecule has 0 radical (unpaired) electrons. The van der Waals surface area contributed by atoms with Crippen LogP contribution in [-0.4, -0.2) is 13.2 Å². The third-order valence-corrected chi connectivity index (χ3v) is 3.48. The van der Waals surface area contributed by atoms with Crippen molar-refractivity contribution in [2.24, 2.45) is 0 Å². The van der Waals surface area contributed by atoms with E-state index < -0.39 is 0 Å². The molecule has 0 aliphatic rings. The van der Waals surface area contributed by atoms with E-state index in [1.54, 1.807) is 0 Å². The maximum atomic E-state index is 5.81. The molecule has 0 bridgehead atoms. The Hall–Kier alpha value is -0.750. The molecule has 3 heteroatoms. The van der Waals surface area contributed by atoms with E-state index >= 15 is 0 Å². The van der Waals surface area contributed by atoms with E-state index in [9.17, 15) is 0 Å². The van der Waals surface area contributed by atoms with E-state index in [4.69, 9.17) is 9.47 Å². The van der Waals surface area contributed by atoms with Crippen LogP contribution in [0.5, 0.6) is 11.5 Å². The number of ether oxygens (including phenoxy) is 2. The minimum absolute atomic E-state index is 0.786. The first-order valence-electron chi connectivity index (χ1n) is 7.43. The zero-order valence-electron chi connectivity index (χ0n) is 12.3. The molecule has 0 aromatic heterocycles. The maximum absolute atomic E-state index is 5.81. The SMILES string of the molecule is CCCCCOc1ccc(P)c(OCCCCC)c1. The highest BCUT2D eigenvalue weighted by Crippen LogP contribution is 2.20. The van der Waals surface area contributed by atoms with Crippen LogP contribution in [0.25, 0.3) is 0 Å². The van der Waals surface area contributed by atoms with Crippen molar-refractivity contribution in [3.8, 4) is 11.5 Å². The van der Waals surface area contributed by atoms with E-state index in [-0.39, 0.29) is 0 Å². The Labute approximate surface area is 120 Å². The summed E-state index contributed by atoms with van der Waals surface area (Å²) in [6.07, 6.45) is 7.12. The summed E-state index contributed by atoms with van der Waals surface area (Å²) >= 11 is 0. The molecule has 2 nitrogen and oxygen atoms in total. The summed E-state index contributed by atoms with van der Waals surface area (Å²) < 4.78 is 11.5. The third kappa shape index (κ3) is 6.82. The third-order valence-electron chi connectivity index (χ3n) is 3.01. The van der Waals surface area contributed by atoms with Crippen molar-refractivity contribution in [1.82, 2.24) is 0 Å². The molecule has 1 atom stereocenters. The molecule has 0 amide bonds. The first kappa shape index (κ1) is 16.3. The maximum Gasteiger partial charge on any atom is 0.130 e. The molecule has 0 saturated heterocycles. The molecule has 0 heterocycles. The predicted octanol–water partition coefficient (Wildman–Crippen LogP) is 4.33. The average molecular weight is 282 g/mol. The van der Waals surface area contributed by atoms with Crippen molar-refractivity contribution < 1.29 is 9.47 Å². The first-order chi connectivity index (χ1) is 9.27. The Balaban J connectivity index is 2.42. The van der Waals surface area contributed by atoms with Gasteiger partial charge < -0.3 is 9.47 Å². The molecule has 0 aliphatic carbocycles. The van der Waals surface area contributed by atoms with Gasteiger partial charge in [0.15, 0.2) is 0 Å². The lowest BCUT2D eigenvalue weighted by molar-refractivity contribution is 0.293. The van der Waals surface area contributed by atoms with Crippen molar-refractivity contribution in [2.75, 3.05) is 13.2 Å². The number of rotatable bonds is 10. The largest absolute Gasteiger partial charge is 0.493 e. The van der Waals surface area contributed by atoms with Gasteiger partial charge in [0.1, 0.15) is 11.5 Å². The molecule has 0 fully saturated rings. The fourth-order valence-electron chi connectivity index (χ4n) is 1.81. The summed E-state index contributed by atoms with van der Waals surface area (Å²) in [5.74, 6) is 1.84.